The Hall–Kier alpha value is -0.320. The summed E-state index contributed by atoms with van der Waals surface area (Å²) >= 11 is 0. The summed E-state index contributed by atoms with van der Waals surface area (Å²) in [7, 11) is 0. The molecule has 0 aromatic rings. The van der Waals surface area contributed by atoms with E-state index in [0.717, 1.165) is 19.5 Å². The third kappa shape index (κ3) is 3.09. The number of β-amino-alcohol motifs (C(OH)–C–C–N with tert-alkyl or cyclic N) is 1. The third-order valence-electron chi connectivity index (χ3n) is 3.37. The van der Waals surface area contributed by atoms with Crippen LogP contribution in [0.3, 0.4) is 0 Å². The number of piperidine rings is 1. The van der Waals surface area contributed by atoms with Gasteiger partial charge in [0.05, 0.1) is 12.1 Å². The number of aliphatic hydroxyl groups is 1. The Morgan fingerprint density at radius 2 is 2.25 bits per heavy atom. The van der Waals surface area contributed by atoms with E-state index in [-0.39, 0.29) is 30.5 Å². The summed E-state index contributed by atoms with van der Waals surface area (Å²) < 4.78 is 0. The summed E-state index contributed by atoms with van der Waals surface area (Å²) in [6.07, 6.45) is 2.57. The van der Waals surface area contributed by atoms with E-state index in [2.05, 4.69) is 12.2 Å². The van der Waals surface area contributed by atoms with Gasteiger partial charge in [0.2, 0.25) is 5.91 Å². The van der Waals surface area contributed by atoms with Crippen molar-refractivity contribution >= 4 is 18.3 Å². The summed E-state index contributed by atoms with van der Waals surface area (Å²) in [6, 6.07) is -0.148. The SMILES string of the molecule is CC1CCCN(C(=O)[C@H]2C[C@@H](O)CN2)C1.Cl. The van der Waals surface area contributed by atoms with Crippen LogP contribution in [0.4, 0.5) is 0 Å². The van der Waals surface area contributed by atoms with Crippen molar-refractivity contribution in [3.8, 4) is 0 Å². The molecule has 0 aromatic heterocycles. The number of likely N-dealkylation sites (tertiary alicyclic amines) is 1. The van der Waals surface area contributed by atoms with Crippen molar-refractivity contribution in [1.82, 2.24) is 10.2 Å². The number of halogens is 1. The van der Waals surface area contributed by atoms with E-state index in [9.17, 15) is 9.90 Å². The van der Waals surface area contributed by atoms with Crippen molar-refractivity contribution in [1.29, 1.82) is 0 Å². The van der Waals surface area contributed by atoms with Gasteiger partial charge < -0.3 is 15.3 Å². The zero-order valence-corrected chi connectivity index (χ0v) is 10.5. The van der Waals surface area contributed by atoms with Gasteiger partial charge >= 0.3 is 0 Å². The van der Waals surface area contributed by atoms with Gasteiger partial charge in [0, 0.05) is 19.6 Å². The molecule has 1 unspecified atom stereocenters. The quantitative estimate of drug-likeness (QED) is 0.706. The first-order valence-corrected chi connectivity index (χ1v) is 5.87. The molecule has 0 aromatic carbocycles. The zero-order valence-electron chi connectivity index (χ0n) is 9.69. The molecule has 0 bridgehead atoms. The lowest BCUT2D eigenvalue weighted by Gasteiger charge is -2.32. The Kier molecular flexibility index (Phi) is 5.02. The van der Waals surface area contributed by atoms with E-state index in [0.29, 0.717) is 18.9 Å². The molecule has 2 aliphatic heterocycles. The average molecular weight is 249 g/mol. The molecule has 94 valence electrons. The van der Waals surface area contributed by atoms with Crippen LogP contribution in [0.25, 0.3) is 0 Å². The molecular formula is C11H21ClN2O2. The highest BCUT2D eigenvalue weighted by Crippen LogP contribution is 2.18. The molecule has 2 fully saturated rings. The number of carbonyl (C=O) groups excluding carboxylic acids is 1. The Morgan fingerprint density at radius 1 is 1.50 bits per heavy atom. The Balaban J connectivity index is 0.00000128. The maximum Gasteiger partial charge on any atom is 0.239 e. The minimum atomic E-state index is -0.346. The summed E-state index contributed by atoms with van der Waals surface area (Å²) in [4.78, 5) is 14.0. The number of amides is 1. The fourth-order valence-electron chi connectivity index (χ4n) is 2.52. The predicted octanol–water partition coefficient (Wildman–Crippen LogP) is 0.389. The van der Waals surface area contributed by atoms with Crippen LogP contribution in [-0.4, -0.2) is 47.7 Å². The maximum atomic E-state index is 12.0. The molecule has 2 aliphatic rings. The number of hydrogen-bond donors (Lipinski definition) is 2. The molecule has 2 N–H and O–H groups in total. The number of nitrogens with zero attached hydrogens (tertiary/aromatic N) is 1. The van der Waals surface area contributed by atoms with E-state index in [1.807, 2.05) is 4.90 Å². The molecule has 0 saturated carbocycles. The minimum absolute atomic E-state index is 0. The predicted molar refractivity (Wildman–Crippen MR) is 64.6 cm³/mol. The van der Waals surface area contributed by atoms with E-state index in [1.165, 1.54) is 6.42 Å². The van der Waals surface area contributed by atoms with Crippen LogP contribution in [0.2, 0.25) is 0 Å². The Labute approximate surface area is 103 Å². The van der Waals surface area contributed by atoms with Crippen molar-refractivity contribution in [2.45, 2.75) is 38.3 Å². The highest BCUT2D eigenvalue weighted by Gasteiger charge is 2.32. The molecule has 0 aliphatic carbocycles. The minimum Gasteiger partial charge on any atom is -0.392 e. The number of hydrogen-bond acceptors (Lipinski definition) is 3. The van der Waals surface area contributed by atoms with Gasteiger partial charge in [0.25, 0.3) is 0 Å². The third-order valence-corrected chi connectivity index (χ3v) is 3.37. The summed E-state index contributed by atoms with van der Waals surface area (Å²) in [6.45, 7) is 4.51. The first-order valence-electron chi connectivity index (χ1n) is 5.87. The summed E-state index contributed by atoms with van der Waals surface area (Å²) in [5.41, 5.74) is 0. The van der Waals surface area contributed by atoms with Gasteiger partial charge in [-0.3, -0.25) is 4.79 Å². The lowest BCUT2D eigenvalue weighted by Crippen LogP contribution is -2.47. The molecule has 2 saturated heterocycles. The average Bonchev–Trinajstić information content (AvgIpc) is 2.64. The monoisotopic (exact) mass is 248 g/mol. The van der Waals surface area contributed by atoms with E-state index < -0.39 is 0 Å². The van der Waals surface area contributed by atoms with Gasteiger partial charge in [-0.05, 0) is 25.2 Å². The van der Waals surface area contributed by atoms with E-state index in [4.69, 9.17) is 0 Å². The van der Waals surface area contributed by atoms with Crippen molar-refractivity contribution < 1.29 is 9.90 Å². The maximum absolute atomic E-state index is 12.0. The van der Waals surface area contributed by atoms with Crippen LogP contribution >= 0.6 is 12.4 Å². The van der Waals surface area contributed by atoms with Crippen LogP contribution in [0.15, 0.2) is 0 Å². The number of aliphatic hydroxyl groups excluding tert-OH is 1. The lowest BCUT2D eigenvalue weighted by molar-refractivity contribution is -0.134. The second kappa shape index (κ2) is 5.84. The number of carbonyl (C=O) groups is 1. The smallest absolute Gasteiger partial charge is 0.239 e. The van der Waals surface area contributed by atoms with Gasteiger partial charge in [-0.2, -0.15) is 0 Å². The van der Waals surface area contributed by atoms with Crippen molar-refractivity contribution in [3.63, 3.8) is 0 Å². The van der Waals surface area contributed by atoms with E-state index >= 15 is 0 Å². The number of nitrogens with one attached hydrogen (secondary N) is 1. The molecule has 2 heterocycles. The molecule has 0 spiro atoms. The fraction of sp³-hybridized carbons (Fsp3) is 0.909. The Morgan fingerprint density at radius 3 is 2.81 bits per heavy atom. The van der Waals surface area contributed by atoms with Crippen LogP contribution in [0.1, 0.15) is 26.2 Å². The first kappa shape index (κ1) is 13.7. The van der Waals surface area contributed by atoms with Crippen LogP contribution in [0.5, 0.6) is 0 Å². The second-order valence-corrected chi connectivity index (χ2v) is 4.88. The summed E-state index contributed by atoms with van der Waals surface area (Å²) in [5.74, 6) is 0.798. The zero-order chi connectivity index (χ0) is 10.8. The van der Waals surface area contributed by atoms with Crippen LogP contribution < -0.4 is 5.32 Å². The topological polar surface area (TPSA) is 52.6 Å². The van der Waals surface area contributed by atoms with Gasteiger partial charge in [0.1, 0.15) is 0 Å². The van der Waals surface area contributed by atoms with Crippen LogP contribution in [-0.2, 0) is 4.79 Å². The van der Waals surface area contributed by atoms with Gasteiger partial charge in [-0.1, -0.05) is 6.92 Å². The highest BCUT2D eigenvalue weighted by atomic mass is 35.5. The van der Waals surface area contributed by atoms with Crippen molar-refractivity contribution in [3.05, 3.63) is 0 Å². The molecular weight excluding hydrogens is 228 g/mol. The molecule has 0 radical (unpaired) electrons. The van der Waals surface area contributed by atoms with Gasteiger partial charge in [0.15, 0.2) is 0 Å². The molecule has 16 heavy (non-hydrogen) atoms. The Bertz CT molecular complexity index is 250. The van der Waals surface area contributed by atoms with Crippen molar-refractivity contribution in [2.24, 2.45) is 5.92 Å². The van der Waals surface area contributed by atoms with Gasteiger partial charge in [-0.25, -0.2) is 0 Å². The van der Waals surface area contributed by atoms with Crippen molar-refractivity contribution in [2.75, 3.05) is 19.6 Å². The lowest BCUT2D eigenvalue weighted by atomic mass is 9.99. The molecule has 2 rings (SSSR count). The number of rotatable bonds is 1. The standard InChI is InChI=1S/C11H20N2O2.ClH/c1-8-3-2-4-13(7-8)11(15)10-5-9(14)6-12-10;/h8-10,12,14H,2-7H2,1H3;1H/t8?,9-,10-;/m1./s1. The largest absolute Gasteiger partial charge is 0.392 e. The van der Waals surface area contributed by atoms with Crippen LogP contribution in [0, 0.1) is 5.92 Å². The first-order chi connectivity index (χ1) is 7.16. The molecule has 5 heteroatoms. The summed E-state index contributed by atoms with van der Waals surface area (Å²) in [5, 5.41) is 12.4. The molecule has 4 nitrogen and oxygen atoms in total. The van der Waals surface area contributed by atoms with E-state index in [1.54, 1.807) is 0 Å². The normalized spacial score (nSPS) is 34.6. The highest BCUT2D eigenvalue weighted by molar-refractivity contribution is 5.85. The van der Waals surface area contributed by atoms with Gasteiger partial charge in [-0.15, -0.1) is 12.4 Å². The second-order valence-electron chi connectivity index (χ2n) is 4.88. The fourth-order valence-corrected chi connectivity index (χ4v) is 2.52. The molecule has 1 amide bonds. The molecule has 3 atom stereocenters.